The predicted octanol–water partition coefficient (Wildman–Crippen LogP) is 2.60. The summed E-state index contributed by atoms with van der Waals surface area (Å²) in [5.74, 6) is -0.919. The van der Waals surface area contributed by atoms with Crippen LogP contribution in [-0.4, -0.2) is 40.6 Å². The first kappa shape index (κ1) is 19.8. The van der Waals surface area contributed by atoms with Gasteiger partial charge in [-0.05, 0) is 27.7 Å². The van der Waals surface area contributed by atoms with Gasteiger partial charge in [-0.25, -0.2) is 9.59 Å². The van der Waals surface area contributed by atoms with Gasteiger partial charge >= 0.3 is 18.2 Å². The van der Waals surface area contributed by atoms with E-state index in [1.807, 2.05) is 0 Å². The van der Waals surface area contributed by atoms with Gasteiger partial charge in [0, 0.05) is 12.6 Å². The molecule has 1 amide bonds. The number of amides is 1. The van der Waals surface area contributed by atoms with Gasteiger partial charge < -0.3 is 14.8 Å². The molecule has 7 nitrogen and oxygen atoms in total. The maximum Gasteiger partial charge on any atom is 0.435 e. The van der Waals surface area contributed by atoms with Gasteiger partial charge in [-0.15, -0.1) is 0 Å². The number of aromatic nitrogens is 2. The van der Waals surface area contributed by atoms with Crippen LogP contribution in [0.4, 0.5) is 18.0 Å². The molecule has 136 valence electrons. The molecule has 0 aliphatic rings. The third kappa shape index (κ3) is 6.09. The molecule has 0 radical (unpaired) electrons. The van der Waals surface area contributed by atoms with Crippen LogP contribution < -0.4 is 5.32 Å². The van der Waals surface area contributed by atoms with Gasteiger partial charge in [-0.1, -0.05) is 0 Å². The van der Waals surface area contributed by atoms with E-state index in [1.54, 1.807) is 20.8 Å². The molecule has 10 heteroatoms. The highest BCUT2D eigenvalue weighted by molar-refractivity contribution is 5.87. The Morgan fingerprint density at radius 1 is 1.29 bits per heavy atom. The van der Waals surface area contributed by atoms with Crippen molar-refractivity contribution in [2.24, 2.45) is 0 Å². The van der Waals surface area contributed by atoms with E-state index in [2.05, 4.69) is 10.4 Å². The second-order valence-corrected chi connectivity index (χ2v) is 5.78. The Labute approximate surface area is 137 Å². The molecule has 0 atom stereocenters. The Morgan fingerprint density at radius 2 is 1.92 bits per heavy atom. The monoisotopic (exact) mass is 351 g/mol. The summed E-state index contributed by atoms with van der Waals surface area (Å²) >= 11 is 0. The number of esters is 1. The number of carbonyl (C=O) groups is 2. The zero-order valence-corrected chi connectivity index (χ0v) is 13.9. The lowest BCUT2D eigenvalue weighted by atomic mass is 10.2. The summed E-state index contributed by atoms with van der Waals surface area (Å²) in [6, 6.07) is 0.617. The fourth-order valence-electron chi connectivity index (χ4n) is 1.67. The van der Waals surface area contributed by atoms with Crippen molar-refractivity contribution in [3.63, 3.8) is 0 Å². The van der Waals surface area contributed by atoms with Gasteiger partial charge in [0.25, 0.3) is 0 Å². The van der Waals surface area contributed by atoms with Crippen molar-refractivity contribution < 1.29 is 32.2 Å². The van der Waals surface area contributed by atoms with Crippen molar-refractivity contribution in [1.29, 1.82) is 0 Å². The van der Waals surface area contributed by atoms with Crippen LogP contribution in [0.5, 0.6) is 0 Å². The van der Waals surface area contributed by atoms with Crippen molar-refractivity contribution in [2.45, 2.75) is 46.0 Å². The minimum atomic E-state index is -4.69. The molecule has 0 aromatic carbocycles. The summed E-state index contributed by atoms with van der Waals surface area (Å²) < 4.78 is 48.8. The second-order valence-electron chi connectivity index (χ2n) is 5.78. The Hall–Kier alpha value is -2.26. The van der Waals surface area contributed by atoms with Crippen molar-refractivity contribution >= 4 is 12.1 Å². The van der Waals surface area contributed by atoms with Crippen LogP contribution in [0, 0.1) is 0 Å². The van der Waals surface area contributed by atoms with Crippen molar-refractivity contribution in [3.05, 3.63) is 17.5 Å². The standard InChI is InChI=1S/C14H20F3N3O4/c1-5-23-11(21)9-8-10(14(15,16)17)19-20(9)7-6-18-12(22)24-13(2,3)4/h8H,5-7H2,1-4H3,(H,18,22). The quantitative estimate of drug-likeness (QED) is 0.825. The molecule has 0 unspecified atom stereocenters. The molecule has 0 bridgehead atoms. The van der Waals surface area contributed by atoms with Gasteiger partial charge in [0.05, 0.1) is 13.2 Å². The smallest absolute Gasteiger partial charge is 0.435 e. The third-order valence-electron chi connectivity index (χ3n) is 2.55. The molecular formula is C14H20F3N3O4. The van der Waals surface area contributed by atoms with Gasteiger partial charge in [0.2, 0.25) is 0 Å². The summed E-state index contributed by atoms with van der Waals surface area (Å²) in [5.41, 5.74) is -2.24. The molecule has 0 saturated carbocycles. The zero-order chi connectivity index (χ0) is 18.5. The third-order valence-corrected chi connectivity index (χ3v) is 2.55. The molecule has 1 aromatic heterocycles. The Kier molecular flexibility index (Phi) is 6.22. The van der Waals surface area contributed by atoms with E-state index in [0.717, 1.165) is 4.68 Å². The topological polar surface area (TPSA) is 82.5 Å². The van der Waals surface area contributed by atoms with Gasteiger partial charge in [-0.2, -0.15) is 18.3 Å². The molecule has 1 heterocycles. The van der Waals surface area contributed by atoms with Crippen molar-refractivity contribution in [3.8, 4) is 0 Å². The number of rotatable bonds is 5. The number of ether oxygens (including phenoxy) is 2. The molecule has 1 N–H and O–H groups in total. The van der Waals surface area contributed by atoms with E-state index in [0.29, 0.717) is 6.07 Å². The lowest BCUT2D eigenvalue weighted by molar-refractivity contribution is -0.141. The van der Waals surface area contributed by atoms with Crippen LogP contribution in [0.2, 0.25) is 0 Å². The van der Waals surface area contributed by atoms with Gasteiger partial charge in [0.1, 0.15) is 11.3 Å². The summed E-state index contributed by atoms with van der Waals surface area (Å²) in [7, 11) is 0. The van der Waals surface area contributed by atoms with Crippen molar-refractivity contribution in [2.75, 3.05) is 13.2 Å². The van der Waals surface area contributed by atoms with Crippen LogP contribution in [0.1, 0.15) is 43.9 Å². The first-order chi connectivity index (χ1) is 10.9. The van der Waals surface area contributed by atoms with Crippen molar-refractivity contribution in [1.82, 2.24) is 15.1 Å². The fourth-order valence-corrected chi connectivity index (χ4v) is 1.67. The van der Waals surface area contributed by atoms with E-state index in [-0.39, 0.29) is 25.4 Å². The number of nitrogens with zero attached hydrogens (tertiary/aromatic N) is 2. The number of carbonyl (C=O) groups excluding carboxylic acids is 2. The van der Waals surface area contributed by atoms with E-state index in [1.165, 1.54) is 6.92 Å². The molecule has 0 aliphatic carbocycles. The maximum atomic E-state index is 12.7. The number of alkyl halides is 3. The molecule has 0 spiro atoms. The van der Waals surface area contributed by atoms with Crippen LogP contribution in [0.3, 0.4) is 0 Å². The first-order valence-electron chi connectivity index (χ1n) is 7.23. The summed E-state index contributed by atoms with van der Waals surface area (Å²) in [4.78, 5) is 23.2. The van der Waals surface area contributed by atoms with Gasteiger partial charge in [0.15, 0.2) is 5.69 Å². The van der Waals surface area contributed by atoms with E-state index >= 15 is 0 Å². The SMILES string of the molecule is CCOC(=O)c1cc(C(F)(F)F)nn1CCNC(=O)OC(C)(C)C. The number of nitrogens with one attached hydrogen (secondary N) is 1. The molecule has 24 heavy (non-hydrogen) atoms. The van der Waals surface area contributed by atoms with Crippen LogP contribution >= 0.6 is 0 Å². The normalized spacial score (nSPS) is 12.0. The molecular weight excluding hydrogens is 331 g/mol. The Balaban J connectivity index is 2.80. The average molecular weight is 351 g/mol. The predicted molar refractivity (Wildman–Crippen MR) is 77.4 cm³/mol. The van der Waals surface area contributed by atoms with Crippen LogP contribution in [-0.2, 0) is 22.2 Å². The number of hydrogen-bond acceptors (Lipinski definition) is 5. The number of halogens is 3. The molecule has 0 fully saturated rings. The highest BCUT2D eigenvalue weighted by Crippen LogP contribution is 2.28. The largest absolute Gasteiger partial charge is 0.461 e. The molecule has 1 rings (SSSR count). The zero-order valence-electron chi connectivity index (χ0n) is 13.9. The number of hydrogen-bond donors (Lipinski definition) is 1. The molecule has 0 saturated heterocycles. The Bertz CT molecular complexity index is 591. The first-order valence-corrected chi connectivity index (χ1v) is 7.23. The number of alkyl carbamates (subject to hydrolysis) is 1. The second kappa shape index (κ2) is 7.54. The fraction of sp³-hybridized carbons (Fsp3) is 0.643. The minimum absolute atomic E-state index is 0.0154. The highest BCUT2D eigenvalue weighted by atomic mass is 19.4. The lowest BCUT2D eigenvalue weighted by Crippen LogP contribution is -2.34. The van der Waals surface area contributed by atoms with E-state index in [9.17, 15) is 22.8 Å². The minimum Gasteiger partial charge on any atom is -0.461 e. The molecule has 1 aromatic rings. The lowest BCUT2D eigenvalue weighted by Gasteiger charge is -2.19. The highest BCUT2D eigenvalue weighted by Gasteiger charge is 2.36. The summed E-state index contributed by atoms with van der Waals surface area (Å²) in [6.45, 7) is 6.36. The summed E-state index contributed by atoms with van der Waals surface area (Å²) in [6.07, 6.45) is -5.41. The summed E-state index contributed by atoms with van der Waals surface area (Å²) in [5, 5.41) is 5.73. The van der Waals surface area contributed by atoms with Crippen LogP contribution in [0.25, 0.3) is 0 Å². The van der Waals surface area contributed by atoms with E-state index < -0.39 is 29.5 Å². The average Bonchev–Trinajstić information content (AvgIpc) is 2.81. The van der Waals surface area contributed by atoms with Crippen LogP contribution in [0.15, 0.2) is 6.07 Å². The van der Waals surface area contributed by atoms with Gasteiger partial charge in [-0.3, -0.25) is 4.68 Å². The maximum absolute atomic E-state index is 12.7. The Morgan fingerprint density at radius 3 is 2.42 bits per heavy atom. The molecule has 0 aliphatic heterocycles. The van der Waals surface area contributed by atoms with E-state index in [4.69, 9.17) is 9.47 Å².